The Morgan fingerprint density at radius 3 is 2.48 bits per heavy atom. The third-order valence-corrected chi connectivity index (χ3v) is 4.71. The van der Waals surface area contributed by atoms with Crippen LogP contribution in [-0.2, 0) is 25.4 Å². The standard InChI is InChI=1S/C18H22N4O3/c1-19(11-13-12-20(2)18(25)21(3)16(13)23)15-9-10-22(17(15)24)14-7-5-4-6-8-14/h4-8,12,15H,9-11H2,1-3H3/t15-/m1/s1. The lowest BCUT2D eigenvalue weighted by atomic mass is 10.2. The molecule has 1 aromatic carbocycles. The van der Waals surface area contributed by atoms with Crippen molar-refractivity contribution in [2.75, 3.05) is 18.5 Å². The number of hydrogen-bond donors (Lipinski definition) is 0. The van der Waals surface area contributed by atoms with Crippen LogP contribution in [-0.4, -0.2) is 39.6 Å². The molecule has 132 valence electrons. The lowest BCUT2D eigenvalue weighted by Gasteiger charge is -2.24. The number of nitrogens with zero attached hydrogens (tertiary/aromatic N) is 4. The monoisotopic (exact) mass is 342 g/mol. The summed E-state index contributed by atoms with van der Waals surface area (Å²) in [5.41, 5.74) is 0.711. The quantitative estimate of drug-likeness (QED) is 0.803. The maximum atomic E-state index is 12.8. The highest BCUT2D eigenvalue weighted by Gasteiger charge is 2.35. The number of likely N-dealkylation sites (N-methyl/N-ethyl adjacent to an activating group) is 1. The van der Waals surface area contributed by atoms with Gasteiger partial charge in [0.15, 0.2) is 0 Å². The number of aromatic nitrogens is 2. The number of aryl methyl sites for hydroxylation is 1. The van der Waals surface area contributed by atoms with Crippen LogP contribution in [0.4, 0.5) is 5.69 Å². The van der Waals surface area contributed by atoms with E-state index in [-0.39, 0.29) is 23.2 Å². The zero-order valence-electron chi connectivity index (χ0n) is 14.7. The summed E-state index contributed by atoms with van der Waals surface area (Å²) in [4.78, 5) is 40.5. The molecule has 1 saturated heterocycles. The van der Waals surface area contributed by atoms with Crippen molar-refractivity contribution < 1.29 is 4.79 Å². The van der Waals surface area contributed by atoms with E-state index in [1.165, 1.54) is 11.6 Å². The third kappa shape index (κ3) is 3.15. The molecule has 1 aliphatic heterocycles. The van der Waals surface area contributed by atoms with Crippen molar-refractivity contribution in [3.63, 3.8) is 0 Å². The number of para-hydroxylation sites is 1. The number of hydrogen-bond acceptors (Lipinski definition) is 4. The number of amides is 1. The average Bonchev–Trinajstić information content (AvgIpc) is 3.00. The molecule has 2 aromatic rings. The van der Waals surface area contributed by atoms with Crippen LogP contribution in [0.15, 0.2) is 46.1 Å². The Kier molecular flexibility index (Phi) is 4.59. The smallest absolute Gasteiger partial charge is 0.311 e. The van der Waals surface area contributed by atoms with Crippen LogP contribution < -0.4 is 16.1 Å². The van der Waals surface area contributed by atoms with E-state index in [0.717, 1.165) is 10.3 Å². The predicted molar refractivity (Wildman–Crippen MR) is 95.6 cm³/mol. The fourth-order valence-electron chi connectivity index (χ4n) is 3.31. The van der Waals surface area contributed by atoms with Gasteiger partial charge in [-0.1, -0.05) is 18.2 Å². The molecule has 2 heterocycles. The average molecular weight is 342 g/mol. The molecule has 0 radical (unpaired) electrons. The number of benzene rings is 1. The Morgan fingerprint density at radius 2 is 1.80 bits per heavy atom. The summed E-state index contributed by atoms with van der Waals surface area (Å²) in [6.07, 6.45) is 2.26. The first kappa shape index (κ1) is 17.2. The molecule has 0 aliphatic carbocycles. The SMILES string of the molecule is CN(Cc1cn(C)c(=O)n(C)c1=O)[C@@H]1CCN(c2ccccc2)C1=O. The Hall–Kier alpha value is -2.67. The Balaban J connectivity index is 1.79. The van der Waals surface area contributed by atoms with Crippen molar-refractivity contribution in [1.29, 1.82) is 0 Å². The second-order valence-corrected chi connectivity index (χ2v) is 6.46. The molecule has 1 aromatic heterocycles. The summed E-state index contributed by atoms with van der Waals surface area (Å²) in [7, 11) is 4.91. The summed E-state index contributed by atoms with van der Waals surface area (Å²) in [5.74, 6) is 0.0374. The van der Waals surface area contributed by atoms with E-state index in [9.17, 15) is 14.4 Å². The van der Waals surface area contributed by atoms with E-state index in [1.54, 1.807) is 18.1 Å². The molecule has 1 amide bonds. The van der Waals surface area contributed by atoms with Gasteiger partial charge in [0.05, 0.1) is 6.04 Å². The lowest BCUT2D eigenvalue weighted by molar-refractivity contribution is -0.121. The van der Waals surface area contributed by atoms with Gasteiger partial charge in [-0.15, -0.1) is 0 Å². The molecular formula is C18H22N4O3. The Morgan fingerprint density at radius 1 is 1.12 bits per heavy atom. The summed E-state index contributed by atoms with van der Waals surface area (Å²) in [5, 5.41) is 0. The molecule has 1 fully saturated rings. The van der Waals surface area contributed by atoms with E-state index in [0.29, 0.717) is 25.1 Å². The first-order valence-electron chi connectivity index (χ1n) is 8.22. The minimum atomic E-state index is -0.358. The van der Waals surface area contributed by atoms with Gasteiger partial charge in [-0.25, -0.2) is 4.79 Å². The third-order valence-electron chi connectivity index (χ3n) is 4.71. The van der Waals surface area contributed by atoms with Crippen molar-refractivity contribution in [2.45, 2.75) is 19.0 Å². The van der Waals surface area contributed by atoms with Gasteiger partial charge in [-0.05, 0) is 25.6 Å². The second-order valence-electron chi connectivity index (χ2n) is 6.46. The zero-order valence-corrected chi connectivity index (χ0v) is 14.7. The highest BCUT2D eigenvalue weighted by Crippen LogP contribution is 2.24. The predicted octanol–water partition coefficient (Wildman–Crippen LogP) is 0.321. The van der Waals surface area contributed by atoms with Gasteiger partial charge < -0.3 is 9.47 Å². The van der Waals surface area contributed by atoms with E-state index in [1.807, 2.05) is 42.3 Å². The minimum absolute atomic E-state index is 0.0374. The molecule has 1 atom stereocenters. The van der Waals surface area contributed by atoms with Crippen LogP contribution in [0.25, 0.3) is 0 Å². The zero-order chi connectivity index (χ0) is 18.1. The Bertz CT molecular complexity index is 901. The Labute approximate surface area is 145 Å². The van der Waals surface area contributed by atoms with Crippen molar-refractivity contribution in [3.05, 3.63) is 62.9 Å². The van der Waals surface area contributed by atoms with E-state index in [2.05, 4.69) is 0 Å². The minimum Gasteiger partial charge on any atom is -0.311 e. The highest BCUT2D eigenvalue weighted by atomic mass is 16.2. The van der Waals surface area contributed by atoms with Crippen molar-refractivity contribution in [1.82, 2.24) is 14.0 Å². The normalized spacial score (nSPS) is 17.5. The van der Waals surface area contributed by atoms with E-state index >= 15 is 0 Å². The van der Waals surface area contributed by atoms with Crippen molar-refractivity contribution in [2.24, 2.45) is 14.1 Å². The van der Waals surface area contributed by atoms with Crippen molar-refractivity contribution >= 4 is 11.6 Å². The van der Waals surface area contributed by atoms with Gasteiger partial charge in [-0.2, -0.15) is 0 Å². The van der Waals surface area contributed by atoms with E-state index in [4.69, 9.17) is 0 Å². The molecular weight excluding hydrogens is 320 g/mol. The largest absolute Gasteiger partial charge is 0.330 e. The first-order valence-corrected chi connectivity index (χ1v) is 8.22. The van der Waals surface area contributed by atoms with E-state index < -0.39 is 0 Å². The molecule has 7 nitrogen and oxygen atoms in total. The van der Waals surface area contributed by atoms with Gasteiger partial charge >= 0.3 is 5.69 Å². The fourth-order valence-corrected chi connectivity index (χ4v) is 3.31. The molecule has 7 heteroatoms. The van der Waals surface area contributed by atoms with Crippen molar-refractivity contribution in [3.8, 4) is 0 Å². The van der Waals surface area contributed by atoms with Crippen LogP contribution in [0.3, 0.4) is 0 Å². The lowest BCUT2D eigenvalue weighted by Crippen LogP contribution is -2.43. The topological polar surface area (TPSA) is 67.6 Å². The fraction of sp³-hybridized carbons (Fsp3) is 0.389. The summed E-state index contributed by atoms with van der Waals surface area (Å²) in [6.45, 7) is 0.975. The molecule has 0 spiro atoms. The molecule has 0 unspecified atom stereocenters. The summed E-state index contributed by atoms with van der Waals surface area (Å²) in [6, 6.07) is 9.30. The van der Waals surface area contributed by atoms with Crippen LogP contribution in [0.1, 0.15) is 12.0 Å². The van der Waals surface area contributed by atoms with Crippen LogP contribution in [0, 0.1) is 0 Å². The maximum Gasteiger partial charge on any atom is 0.330 e. The van der Waals surface area contributed by atoms with Gasteiger partial charge in [-0.3, -0.25) is 19.1 Å². The van der Waals surface area contributed by atoms with Gasteiger partial charge in [0.2, 0.25) is 5.91 Å². The molecule has 0 saturated carbocycles. The second kappa shape index (κ2) is 6.68. The van der Waals surface area contributed by atoms with Gasteiger partial charge in [0, 0.05) is 44.6 Å². The molecule has 25 heavy (non-hydrogen) atoms. The van der Waals surface area contributed by atoms with Crippen LogP contribution in [0.2, 0.25) is 0 Å². The van der Waals surface area contributed by atoms with Gasteiger partial charge in [0.25, 0.3) is 5.56 Å². The number of carbonyl (C=O) groups excluding carboxylic acids is 1. The molecule has 0 bridgehead atoms. The summed E-state index contributed by atoms with van der Waals surface area (Å²) >= 11 is 0. The summed E-state index contributed by atoms with van der Waals surface area (Å²) < 4.78 is 2.48. The molecule has 3 rings (SSSR count). The number of rotatable bonds is 4. The van der Waals surface area contributed by atoms with Crippen LogP contribution in [0.5, 0.6) is 0 Å². The molecule has 1 aliphatic rings. The highest BCUT2D eigenvalue weighted by molar-refractivity contribution is 5.99. The number of carbonyl (C=O) groups is 1. The first-order chi connectivity index (χ1) is 11.9. The molecule has 0 N–H and O–H groups in total. The number of anilines is 1. The van der Waals surface area contributed by atoms with Crippen LogP contribution >= 0.6 is 0 Å². The van der Waals surface area contributed by atoms with Gasteiger partial charge in [0.1, 0.15) is 0 Å². The maximum absolute atomic E-state index is 12.8.